The number of hydrogen-bond donors (Lipinski definition) is 2. The van der Waals surface area contributed by atoms with Crippen molar-refractivity contribution in [1.29, 1.82) is 0 Å². The molecular weight excluding hydrogens is 497 g/mol. The van der Waals surface area contributed by atoms with Crippen molar-refractivity contribution in [3.63, 3.8) is 0 Å². The Labute approximate surface area is 218 Å². The van der Waals surface area contributed by atoms with Crippen molar-refractivity contribution in [2.45, 2.75) is 51.1 Å². The lowest BCUT2D eigenvalue weighted by Gasteiger charge is -2.53. The van der Waals surface area contributed by atoms with Crippen LogP contribution in [0.1, 0.15) is 49.9 Å². The first-order valence-electron chi connectivity index (χ1n) is 12.7. The Bertz CT molecular complexity index is 1380. The van der Waals surface area contributed by atoms with Crippen LogP contribution in [-0.4, -0.2) is 57.0 Å². The number of pyridine rings is 3. The largest absolute Gasteiger partial charge is 0.476 e. The first-order chi connectivity index (χ1) is 18.2. The Morgan fingerprint density at radius 2 is 1.92 bits per heavy atom. The van der Waals surface area contributed by atoms with Crippen LogP contribution in [0.15, 0.2) is 30.5 Å². The fraction of sp³-hybridized carbons (Fsp3) is 0.407. The molecule has 2 saturated heterocycles. The zero-order valence-corrected chi connectivity index (χ0v) is 21.2. The number of rotatable bonds is 7. The highest BCUT2D eigenvalue weighted by Crippen LogP contribution is 2.38. The molecule has 11 heteroatoms. The van der Waals surface area contributed by atoms with Gasteiger partial charge in [-0.3, -0.25) is 9.69 Å². The number of aromatic nitrogens is 3. The Hall–Kier alpha value is -3.73. The minimum atomic E-state index is -0.994. The Balaban J connectivity index is 1.58. The van der Waals surface area contributed by atoms with Gasteiger partial charge in [-0.2, -0.15) is 4.39 Å². The van der Waals surface area contributed by atoms with Crippen molar-refractivity contribution >= 4 is 11.6 Å². The van der Waals surface area contributed by atoms with E-state index in [9.17, 15) is 13.6 Å². The number of nitrogens with one attached hydrogen (secondary N) is 1. The van der Waals surface area contributed by atoms with Gasteiger partial charge in [-0.15, -0.1) is 0 Å². The minimum absolute atomic E-state index is 0.0695. The molecule has 0 atom stereocenters. The van der Waals surface area contributed by atoms with Crippen molar-refractivity contribution in [1.82, 2.24) is 25.2 Å². The maximum atomic E-state index is 15.9. The van der Waals surface area contributed by atoms with E-state index in [0.717, 1.165) is 38.3 Å². The molecular formula is C27H29F3N6O2. The zero-order chi connectivity index (χ0) is 27.0. The molecule has 0 unspecified atom stereocenters. The average molecular weight is 527 g/mol. The second kappa shape index (κ2) is 10.2. The molecule has 0 radical (unpaired) electrons. The molecule has 3 aromatic rings. The van der Waals surface area contributed by atoms with Crippen LogP contribution in [0.4, 0.5) is 18.9 Å². The van der Waals surface area contributed by atoms with E-state index in [-0.39, 0.29) is 46.4 Å². The van der Waals surface area contributed by atoms with Crippen molar-refractivity contribution in [3.8, 4) is 28.5 Å². The fourth-order valence-electron chi connectivity index (χ4n) is 5.44. The van der Waals surface area contributed by atoms with Crippen LogP contribution in [0.5, 0.6) is 5.88 Å². The Kier molecular flexibility index (Phi) is 6.95. The molecule has 2 aliphatic heterocycles. The number of likely N-dealkylation sites (N-methyl/N-ethyl adjacent to an activating group) is 1. The molecule has 1 saturated carbocycles. The highest BCUT2D eigenvalue weighted by Gasteiger charge is 2.45. The quantitative estimate of drug-likeness (QED) is 0.441. The number of anilines is 1. The number of nitrogens with two attached hydrogens (primary N) is 1. The van der Waals surface area contributed by atoms with Gasteiger partial charge in [0.2, 0.25) is 11.8 Å². The number of nitrogens with zero attached hydrogens (tertiary/aromatic N) is 4. The Morgan fingerprint density at radius 3 is 2.58 bits per heavy atom. The summed E-state index contributed by atoms with van der Waals surface area (Å²) in [7, 11) is 0. The maximum absolute atomic E-state index is 15.9. The van der Waals surface area contributed by atoms with Gasteiger partial charge in [-0.25, -0.2) is 23.7 Å². The molecule has 38 heavy (non-hydrogen) atoms. The van der Waals surface area contributed by atoms with E-state index in [1.54, 1.807) is 6.92 Å². The smallest absolute Gasteiger partial charge is 0.254 e. The third kappa shape index (κ3) is 4.78. The second-order valence-electron chi connectivity index (χ2n) is 9.77. The molecule has 1 aliphatic carbocycles. The van der Waals surface area contributed by atoms with E-state index in [1.165, 1.54) is 24.4 Å². The third-order valence-corrected chi connectivity index (χ3v) is 7.43. The number of carbonyl (C=O) groups excluding carboxylic acids is 1. The number of halogens is 3. The van der Waals surface area contributed by atoms with Crippen LogP contribution in [-0.2, 0) is 0 Å². The molecule has 2 bridgehead atoms. The van der Waals surface area contributed by atoms with Gasteiger partial charge in [-0.05, 0) is 63.4 Å². The molecule has 0 aromatic carbocycles. The van der Waals surface area contributed by atoms with Crippen molar-refractivity contribution in [3.05, 3.63) is 53.6 Å². The molecule has 1 amide bonds. The van der Waals surface area contributed by atoms with Gasteiger partial charge in [0.15, 0.2) is 11.6 Å². The molecule has 3 fully saturated rings. The van der Waals surface area contributed by atoms with E-state index in [1.807, 2.05) is 0 Å². The first kappa shape index (κ1) is 25.9. The van der Waals surface area contributed by atoms with Crippen molar-refractivity contribution < 1.29 is 22.7 Å². The zero-order valence-electron chi connectivity index (χ0n) is 21.2. The minimum Gasteiger partial charge on any atom is -0.476 e. The third-order valence-electron chi connectivity index (χ3n) is 7.43. The van der Waals surface area contributed by atoms with Crippen LogP contribution in [0.3, 0.4) is 0 Å². The van der Waals surface area contributed by atoms with Gasteiger partial charge in [0.1, 0.15) is 5.69 Å². The van der Waals surface area contributed by atoms with Crippen LogP contribution < -0.4 is 15.8 Å². The lowest BCUT2D eigenvalue weighted by molar-refractivity contribution is 0.0140. The average Bonchev–Trinajstić information content (AvgIpc) is 2.92. The number of ether oxygens (including phenoxy) is 1. The topological polar surface area (TPSA) is 106 Å². The van der Waals surface area contributed by atoms with E-state index in [4.69, 9.17) is 10.5 Å². The van der Waals surface area contributed by atoms with Gasteiger partial charge in [0.05, 0.1) is 34.8 Å². The van der Waals surface area contributed by atoms with Crippen LogP contribution in [0, 0.1) is 17.6 Å². The number of fused-ring (bicyclic) bond motifs is 3. The van der Waals surface area contributed by atoms with Crippen LogP contribution in [0.2, 0.25) is 0 Å². The molecule has 6 rings (SSSR count). The molecule has 3 aromatic heterocycles. The molecule has 5 heterocycles. The summed E-state index contributed by atoms with van der Waals surface area (Å²) in [5.41, 5.74) is 4.29. The van der Waals surface area contributed by atoms with Crippen LogP contribution in [0.25, 0.3) is 22.6 Å². The number of piperidine rings is 2. The molecule has 3 aliphatic rings. The van der Waals surface area contributed by atoms with Gasteiger partial charge >= 0.3 is 0 Å². The van der Waals surface area contributed by atoms with Gasteiger partial charge < -0.3 is 15.8 Å². The summed E-state index contributed by atoms with van der Waals surface area (Å²) >= 11 is 0. The van der Waals surface area contributed by atoms with Gasteiger partial charge in [0, 0.05) is 24.3 Å². The number of amides is 1. The van der Waals surface area contributed by atoms with Crippen molar-refractivity contribution in [2.75, 3.05) is 25.4 Å². The highest BCUT2D eigenvalue weighted by molar-refractivity contribution is 5.97. The summed E-state index contributed by atoms with van der Waals surface area (Å²) in [6.07, 6.45) is 4.82. The SMILES string of the molecule is CCOc1ncc(-c2cc(C(=O)NC34CCC(CC3)N(CC)C4)c(F)c(-c3ccc(N)c(F)n3)n2)cc1F. The summed E-state index contributed by atoms with van der Waals surface area (Å²) < 4.78 is 49.8. The standard InChI is InChI=1S/C27H29F3N6O2/c1-3-36-14-27(9-7-16(36)8-10-27)35-25(37)17-12-21(15-11-18(28)26(32-13-15)38-4-2)33-23(22(17)29)20-6-5-19(31)24(30)34-20/h5-6,11-13,16H,3-4,7-10,14,31H2,1-2H3,(H,35,37). The number of hydrogen-bond acceptors (Lipinski definition) is 7. The molecule has 8 nitrogen and oxygen atoms in total. The first-order valence-corrected chi connectivity index (χ1v) is 12.7. The highest BCUT2D eigenvalue weighted by atomic mass is 19.1. The summed E-state index contributed by atoms with van der Waals surface area (Å²) in [5.74, 6) is -3.51. The lowest BCUT2D eigenvalue weighted by Crippen LogP contribution is -2.65. The normalized spacial score (nSPS) is 20.9. The molecule has 200 valence electrons. The van der Waals surface area contributed by atoms with Gasteiger partial charge in [0.25, 0.3) is 5.91 Å². The fourth-order valence-corrected chi connectivity index (χ4v) is 5.44. The van der Waals surface area contributed by atoms with Crippen molar-refractivity contribution in [2.24, 2.45) is 0 Å². The molecule has 0 spiro atoms. The van der Waals surface area contributed by atoms with E-state index < -0.39 is 29.0 Å². The number of carbonyl (C=O) groups is 1. The summed E-state index contributed by atoms with van der Waals surface area (Å²) in [6.45, 7) is 5.55. The van der Waals surface area contributed by atoms with E-state index in [2.05, 4.69) is 32.1 Å². The van der Waals surface area contributed by atoms with Gasteiger partial charge in [-0.1, -0.05) is 6.92 Å². The molecule has 3 N–H and O–H groups in total. The monoisotopic (exact) mass is 526 g/mol. The predicted molar refractivity (Wildman–Crippen MR) is 136 cm³/mol. The lowest BCUT2D eigenvalue weighted by atomic mass is 9.73. The predicted octanol–water partition coefficient (Wildman–Crippen LogP) is 4.35. The van der Waals surface area contributed by atoms with Crippen LogP contribution >= 0.6 is 0 Å². The number of nitrogen functional groups attached to an aromatic ring is 1. The maximum Gasteiger partial charge on any atom is 0.254 e. The Morgan fingerprint density at radius 1 is 1.16 bits per heavy atom. The summed E-state index contributed by atoms with van der Waals surface area (Å²) in [4.78, 5) is 27.9. The summed E-state index contributed by atoms with van der Waals surface area (Å²) in [6, 6.07) is 5.44. The van der Waals surface area contributed by atoms with E-state index in [0.29, 0.717) is 12.6 Å². The second-order valence-corrected chi connectivity index (χ2v) is 9.77. The summed E-state index contributed by atoms with van der Waals surface area (Å²) in [5, 5.41) is 3.08. The van der Waals surface area contributed by atoms with E-state index >= 15 is 4.39 Å².